The molecule has 9 heteroatoms. The fraction of sp³-hybridized carbons (Fsp3) is 0.143. The Morgan fingerprint density at radius 2 is 2.26 bits per heavy atom. The van der Waals surface area contributed by atoms with Gasteiger partial charge < -0.3 is 0 Å². The van der Waals surface area contributed by atoms with Crippen LogP contribution in [0.25, 0.3) is 0 Å². The van der Waals surface area contributed by atoms with Gasteiger partial charge in [0.2, 0.25) is 5.95 Å². The second-order valence-electron chi connectivity index (χ2n) is 4.81. The van der Waals surface area contributed by atoms with Crippen LogP contribution in [0.3, 0.4) is 0 Å². The summed E-state index contributed by atoms with van der Waals surface area (Å²) in [6.07, 6.45) is 3.00. The van der Waals surface area contributed by atoms with Gasteiger partial charge >= 0.3 is 0 Å². The normalized spacial score (nSPS) is 10.7. The van der Waals surface area contributed by atoms with Gasteiger partial charge in [-0.3, -0.25) is 14.8 Å². The molecular weight excluding hydrogens is 367 g/mol. The maximum absolute atomic E-state index is 13.2. The van der Waals surface area contributed by atoms with Crippen molar-refractivity contribution in [3.05, 3.63) is 58.3 Å². The Balaban J connectivity index is 1.71. The monoisotopic (exact) mass is 378 g/mol. The molecule has 2 heterocycles. The highest BCUT2D eigenvalue weighted by atomic mass is 79.9. The first-order chi connectivity index (χ1) is 11.0. The summed E-state index contributed by atoms with van der Waals surface area (Å²) in [5, 5.41) is 10.7. The summed E-state index contributed by atoms with van der Waals surface area (Å²) >= 11 is 3.26. The van der Waals surface area contributed by atoms with E-state index in [0.29, 0.717) is 16.7 Å². The fourth-order valence-electron chi connectivity index (χ4n) is 2.08. The van der Waals surface area contributed by atoms with Crippen LogP contribution in [-0.2, 0) is 13.6 Å². The number of anilines is 1. The average Bonchev–Trinajstić information content (AvgIpc) is 3.06. The van der Waals surface area contributed by atoms with Gasteiger partial charge in [0.25, 0.3) is 5.91 Å². The van der Waals surface area contributed by atoms with Crippen molar-refractivity contribution in [1.82, 2.24) is 24.5 Å². The van der Waals surface area contributed by atoms with Crippen molar-refractivity contribution in [3.8, 4) is 0 Å². The van der Waals surface area contributed by atoms with E-state index in [2.05, 4.69) is 36.4 Å². The van der Waals surface area contributed by atoms with Crippen LogP contribution in [-0.4, -0.2) is 30.5 Å². The number of nitrogens with zero attached hydrogens (tertiary/aromatic N) is 5. The van der Waals surface area contributed by atoms with Crippen LogP contribution in [0, 0.1) is 5.82 Å². The zero-order valence-electron chi connectivity index (χ0n) is 12.1. The zero-order valence-corrected chi connectivity index (χ0v) is 13.7. The van der Waals surface area contributed by atoms with Crippen molar-refractivity contribution in [3.63, 3.8) is 0 Å². The van der Waals surface area contributed by atoms with Gasteiger partial charge in [-0.25, -0.2) is 14.1 Å². The first kappa shape index (κ1) is 15.3. The van der Waals surface area contributed by atoms with Gasteiger partial charge in [-0.1, -0.05) is 12.1 Å². The number of carbonyl (C=O) groups is 1. The van der Waals surface area contributed by atoms with Gasteiger partial charge in [-0.15, -0.1) is 5.10 Å². The number of hydrogen-bond acceptors (Lipinski definition) is 4. The SMILES string of the molecule is Cn1ncc(Br)c1C(=O)Nc1ncn(Cc2cccc(F)c2)n1. The Morgan fingerprint density at radius 1 is 1.43 bits per heavy atom. The molecule has 3 rings (SSSR count). The molecule has 0 saturated carbocycles. The number of aryl methyl sites for hydroxylation is 1. The average molecular weight is 379 g/mol. The Bertz CT molecular complexity index is 839. The van der Waals surface area contributed by atoms with E-state index in [1.807, 2.05) is 0 Å². The Hall–Kier alpha value is -2.55. The predicted octanol–water partition coefficient (Wildman–Crippen LogP) is 2.21. The number of nitrogens with one attached hydrogen (secondary N) is 1. The van der Waals surface area contributed by atoms with Crippen LogP contribution in [0.5, 0.6) is 0 Å². The highest BCUT2D eigenvalue weighted by Crippen LogP contribution is 2.16. The number of hydrogen-bond donors (Lipinski definition) is 1. The minimum Gasteiger partial charge on any atom is -0.288 e. The molecule has 0 unspecified atom stereocenters. The highest BCUT2D eigenvalue weighted by Gasteiger charge is 2.16. The first-order valence-electron chi connectivity index (χ1n) is 6.65. The lowest BCUT2D eigenvalue weighted by molar-refractivity contribution is 0.101. The molecule has 0 spiro atoms. The summed E-state index contributed by atoms with van der Waals surface area (Å²) < 4.78 is 16.7. The van der Waals surface area contributed by atoms with Crippen LogP contribution < -0.4 is 5.32 Å². The quantitative estimate of drug-likeness (QED) is 0.754. The molecule has 0 aliphatic rings. The van der Waals surface area contributed by atoms with Gasteiger partial charge in [0, 0.05) is 7.05 Å². The van der Waals surface area contributed by atoms with Crippen LogP contribution in [0.15, 0.2) is 41.3 Å². The minimum atomic E-state index is -0.375. The van der Waals surface area contributed by atoms with E-state index in [1.165, 1.54) is 34.0 Å². The number of aromatic nitrogens is 5. The standard InChI is InChI=1S/C14H12BrFN6O/c1-21-12(11(15)6-18-21)13(23)19-14-17-8-22(20-14)7-9-3-2-4-10(16)5-9/h2-6,8H,7H2,1H3,(H,19,20,23). The third-order valence-electron chi connectivity index (χ3n) is 3.10. The second-order valence-corrected chi connectivity index (χ2v) is 5.67. The van der Waals surface area contributed by atoms with Crippen LogP contribution in [0.2, 0.25) is 0 Å². The molecule has 1 amide bonds. The molecule has 2 aromatic heterocycles. The first-order valence-corrected chi connectivity index (χ1v) is 7.45. The topological polar surface area (TPSA) is 77.6 Å². The fourth-order valence-corrected chi connectivity index (χ4v) is 2.61. The molecule has 118 valence electrons. The van der Waals surface area contributed by atoms with Crippen molar-refractivity contribution in [2.75, 3.05) is 5.32 Å². The lowest BCUT2D eigenvalue weighted by Crippen LogP contribution is -2.17. The Morgan fingerprint density at radius 3 is 2.96 bits per heavy atom. The molecule has 1 aromatic carbocycles. The molecule has 23 heavy (non-hydrogen) atoms. The molecule has 0 saturated heterocycles. The van der Waals surface area contributed by atoms with Crippen molar-refractivity contribution < 1.29 is 9.18 Å². The second kappa shape index (κ2) is 6.29. The highest BCUT2D eigenvalue weighted by molar-refractivity contribution is 9.10. The maximum atomic E-state index is 13.2. The van der Waals surface area contributed by atoms with Crippen molar-refractivity contribution in [1.29, 1.82) is 0 Å². The molecule has 0 aliphatic carbocycles. The summed E-state index contributed by atoms with van der Waals surface area (Å²) in [6.45, 7) is 0.357. The van der Waals surface area contributed by atoms with E-state index in [4.69, 9.17) is 0 Å². The maximum Gasteiger partial charge on any atom is 0.277 e. The summed E-state index contributed by atoms with van der Waals surface area (Å²) in [6, 6.07) is 6.22. The van der Waals surface area contributed by atoms with Gasteiger partial charge in [0.05, 0.1) is 17.2 Å². The van der Waals surface area contributed by atoms with E-state index < -0.39 is 0 Å². The lowest BCUT2D eigenvalue weighted by atomic mass is 10.2. The van der Waals surface area contributed by atoms with Gasteiger partial charge in [0.15, 0.2) is 0 Å². The largest absolute Gasteiger partial charge is 0.288 e. The van der Waals surface area contributed by atoms with Crippen molar-refractivity contribution in [2.45, 2.75) is 6.54 Å². The van der Waals surface area contributed by atoms with Gasteiger partial charge in [-0.05, 0) is 33.6 Å². The molecule has 7 nitrogen and oxygen atoms in total. The van der Waals surface area contributed by atoms with E-state index in [-0.39, 0.29) is 17.7 Å². The van der Waals surface area contributed by atoms with Crippen molar-refractivity contribution in [2.24, 2.45) is 7.05 Å². The van der Waals surface area contributed by atoms with Gasteiger partial charge in [0.1, 0.15) is 17.8 Å². The van der Waals surface area contributed by atoms with E-state index in [0.717, 1.165) is 5.56 Å². The summed E-state index contributed by atoms with van der Waals surface area (Å²) in [4.78, 5) is 16.2. The zero-order chi connectivity index (χ0) is 16.4. The number of amides is 1. The van der Waals surface area contributed by atoms with E-state index >= 15 is 0 Å². The number of carbonyl (C=O) groups excluding carboxylic acids is 1. The van der Waals surface area contributed by atoms with Crippen LogP contribution in [0.4, 0.5) is 10.3 Å². The lowest BCUT2D eigenvalue weighted by Gasteiger charge is -2.03. The number of rotatable bonds is 4. The minimum absolute atomic E-state index is 0.166. The number of benzene rings is 1. The third-order valence-corrected chi connectivity index (χ3v) is 3.68. The summed E-state index contributed by atoms with van der Waals surface area (Å²) in [5.41, 5.74) is 1.12. The molecule has 0 atom stereocenters. The smallest absolute Gasteiger partial charge is 0.277 e. The number of halogens is 2. The van der Waals surface area contributed by atoms with Crippen LogP contribution in [0.1, 0.15) is 16.1 Å². The van der Waals surface area contributed by atoms with Crippen molar-refractivity contribution >= 4 is 27.8 Å². The molecule has 0 radical (unpaired) electrons. The molecule has 0 aliphatic heterocycles. The molecular formula is C14H12BrFN6O. The third kappa shape index (κ3) is 3.45. The molecule has 1 N–H and O–H groups in total. The molecule has 3 aromatic rings. The molecule has 0 bridgehead atoms. The summed E-state index contributed by atoms with van der Waals surface area (Å²) in [5.74, 6) is -0.517. The Labute approximate surface area is 139 Å². The predicted molar refractivity (Wildman–Crippen MR) is 84.4 cm³/mol. The molecule has 0 fully saturated rings. The van der Waals surface area contributed by atoms with Crippen LogP contribution >= 0.6 is 15.9 Å². The van der Waals surface area contributed by atoms with E-state index in [1.54, 1.807) is 19.2 Å². The Kier molecular flexibility index (Phi) is 4.20. The van der Waals surface area contributed by atoms with E-state index in [9.17, 15) is 9.18 Å². The van der Waals surface area contributed by atoms with Gasteiger partial charge in [-0.2, -0.15) is 5.10 Å². The summed E-state index contributed by atoms with van der Waals surface area (Å²) in [7, 11) is 1.66.